The van der Waals surface area contributed by atoms with E-state index < -0.39 is 0 Å². The third-order valence-electron chi connectivity index (χ3n) is 2.34. The normalized spacial score (nSPS) is 10.7. The molecule has 0 bridgehead atoms. The Morgan fingerprint density at radius 3 is 2.62 bits per heavy atom. The minimum Gasteiger partial charge on any atom is -0.249 e. The number of nitrogens with zero attached hydrogens (tertiary/aromatic N) is 3. The van der Waals surface area contributed by atoms with Crippen molar-refractivity contribution in [1.82, 2.24) is 15.0 Å². The molecule has 0 saturated heterocycles. The number of aromatic nitrogens is 3. The van der Waals surface area contributed by atoms with E-state index in [2.05, 4.69) is 24.2 Å². The van der Waals surface area contributed by atoms with Gasteiger partial charge < -0.3 is 0 Å². The van der Waals surface area contributed by atoms with Crippen LogP contribution < -0.4 is 0 Å². The lowest BCUT2D eigenvalue weighted by Crippen LogP contribution is -2.04. The van der Waals surface area contributed by atoms with E-state index in [1.807, 2.05) is 11.6 Å². The highest BCUT2D eigenvalue weighted by Gasteiger charge is 2.05. The monoisotopic (exact) mass is 181 g/mol. The molecule has 0 amide bonds. The first-order valence-electron chi connectivity index (χ1n) is 5.18. The molecule has 0 spiro atoms. The molecule has 1 aromatic rings. The van der Waals surface area contributed by atoms with Gasteiger partial charge in [-0.3, -0.25) is 0 Å². The summed E-state index contributed by atoms with van der Waals surface area (Å²) in [5.41, 5.74) is 2.37. The first-order valence-corrected chi connectivity index (χ1v) is 5.18. The van der Waals surface area contributed by atoms with Gasteiger partial charge in [0.2, 0.25) is 0 Å². The number of hydrogen-bond acceptors (Lipinski definition) is 2. The van der Waals surface area contributed by atoms with Crippen LogP contribution in [-0.2, 0) is 13.0 Å². The van der Waals surface area contributed by atoms with E-state index in [1.165, 1.54) is 25.0 Å². The Morgan fingerprint density at radius 2 is 2.00 bits per heavy atom. The Kier molecular flexibility index (Phi) is 3.93. The van der Waals surface area contributed by atoms with Crippen LogP contribution in [0.1, 0.15) is 44.5 Å². The Labute approximate surface area is 80.1 Å². The van der Waals surface area contributed by atoms with Gasteiger partial charge in [-0.15, -0.1) is 5.10 Å². The maximum Gasteiger partial charge on any atom is 0.0828 e. The van der Waals surface area contributed by atoms with Crippen molar-refractivity contribution in [3.8, 4) is 0 Å². The Hall–Kier alpha value is -0.860. The quantitative estimate of drug-likeness (QED) is 0.653. The third kappa shape index (κ3) is 2.54. The van der Waals surface area contributed by atoms with Crippen molar-refractivity contribution in [2.45, 2.75) is 53.0 Å². The van der Waals surface area contributed by atoms with Crippen molar-refractivity contribution in [3.63, 3.8) is 0 Å². The number of unbranched alkanes of at least 4 members (excludes halogenated alkanes) is 2. The summed E-state index contributed by atoms with van der Waals surface area (Å²) in [4.78, 5) is 0. The smallest absolute Gasteiger partial charge is 0.0828 e. The van der Waals surface area contributed by atoms with Crippen LogP contribution in [0.25, 0.3) is 0 Å². The largest absolute Gasteiger partial charge is 0.249 e. The summed E-state index contributed by atoms with van der Waals surface area (Å²) in [5, 5.41) is 8.20. The second-order valence-corrected chi connectivity index (χ2v) is 3.41. The summed E-state index contributed by atoms with van der Waals surface area (Å²) >= 11 is 0. The van der Waals surface area contributed by atoms with Gasteiger partial charge in [0.1, 0.15) is 0 Å². The van der Waals surface area contributed by atoms with Crippen LogP contribution in [-0.4, -0.2) is 15.0 Å². The molecule has 1 rings (SSSR count). The minimum absolute atomic E-state index is 1.03. The number of hydrogen-bond donors (Lipinski definition) is 0. The summed E-state index contributed by atoms with van der Waals surface area (Å²) in [6.45, 7) is 7.43. The zero-order chi connectivity index (χ0) is 9.68. The molecule has 1 heterocycles. The molecule has 0 N–H and O–H groups in total. The molecule has 1 aromatic heterocycles. The van der Waals surface area contributed by atoms with Gasteiger partial charge in [-0.25, -0.2) is 4.68 Å². The number of aryl methyl sites for hydroxylation is 2. The molecule has 0 saturated carbocycles. The maximum absolute atomic E-state index is 4.13. The molecule has 0 aliphatic carbocycles. The average molecular weight is 181 g/mol. The highest BCUT2D eigenvalue weighted by molar-refractivity contribution is 5.07. The average Bonchev–Trinajstić information content (AvgIpc) is 2.47. The second-order valence-electron chi connectivity index (χ2n) is 3.41. The van der Waals surface area contributed by atoms with E-state index in [-0.39, 0.29) is 0 Å². The fraction of sp³-hybridized carbons (Fsp3) is 0.800. The van der Waals surface area contributed by atoms with Crippen LogP contribution in [0, 0.1) is 6.92 Å². The molecule has 0 aliphatic heterocycles. The van der Waals surface area contributed by atoms with Crippen molar-refractivity contribution in [3.05, 3.63) is 11.4 Å². The molecule has 3 nitrogen and oxygen atoms in total. The molecule has 0 fully saturated rings. The maximum atomic E-state index is 4.13. The lowest BCUT2D eigenvalue weighted by atomic mass is 10.2. The molecule has 0 atom stereocenters. The SMILES string of the molecule is CCCCCn1nnc(C)c1CC. The standard InChI is InChI=1S/C10H19N3/c1-4-6-7-8-13-10(5-2)9(3)11-12-13/h4-8H2,1-3H3. The predicted molar refractivity (Wildman–Crippen MR) is 53.7 cm³/mol. The first-order chi connectivity index (χ1) is 6.29. The van der Waals surface area contributed by atoms with E-state index >= 15 is 0 Å². The summed E-state index contributed by atoms with van der Waals surface area (Å²) in [5.74, 6) is 0. The highest BCUT2D eigenvalue weighted by atomic mass is 15.4. The van der Waals surface area contributed by atoms with Crippen molar-refractivity contribution < 1.29 is 0 Å². The molecule has 13 heavy (non-hydrogen) atoms. The van der Waals surface area contributed by atoms with E-state index in [1.54, 1.807) is 0 Å². The topological polar surface area (TPSA) is 30.7 Å². The minimum atomic E-state index is 1.03. The lowest BCUT2D eigenvalue weighted by Gasteiger charge is -2.03. The molecule has 0 radical (unpaired) electrons. The molecule has 0 aromatic carbocycles. The van der Waals surface area contributed by atoms with E-state index in [4.69, 9.17) is 0 Å². The first kappa shape index (κ1) is 10.2. The van der Waals surface area contributed by atoms with Crippen LogP contribution in [0.5, 0.6) is 0 Å². The Morgan fingerprint density at radius 1 is 1.23 bits per heavy atom. The van der Waals surface area contributed by atoms with Gasteiger partial charge in [-0.05, 0) is 19.8 Å². The third-order valence-corrected chi connectivity index (χ3v) is 2.34. The van der Waals surface area contributed by atoms with Crippen LogP contribution in [0.4, 0.5) is 0 Å². The van der Waals surface area contributed by atoms with Crippen LogP contribution in [0.15, 0.2) is 0 Å². The van der Waals surface area contributed by atoms with E-state index in [0.29, 0.717) is 0 Å². The zero-order valence-corrected chi connectivity index (χ0v) is 8.88. The Bertz CT molecular complexity index is 253. The van der Waals surface area contributed by atoms with Gasteiger partial charge in [-0.2, -0.15) is 0 Å². The fourth-order valence-electron chi connectivity index (χ4n) is 1.55. The molecule has 0 aliphatic rings. The van der Waals surface area contributed by atoms with Crippen LogP contribution >= 0.6 is 0 Å². The Balaban J connectivity index is 2.55. The summed E-state index contributed by atoms with van der Waals surface area (Å²) in [6.07, 6.45) is 4.79. The van der Waals surface area contributed by atoms with Crippen LogP contribution in [0.2, 0.25) is 0 Å². The van der Waals surface area contributed by atoms with Crippen molar-refractivity contribution >= 4 is 0 Å². The number of rotatable bonds is 5. The summed E-state index contributed by atoms with van der Waals surface area (Å²) < 4.78 is 2.05. The fourth-order valence-corrected chi connectivity index (χ4v) is 1.55. The molecular weight excluding hydrogens is 162 g/mol. The van der Waals surface area contributed by atoms with Gasteiger partial charge in [0.15, 0.2) is 0 Å². The second kappa shape index (κ2) is 5.00. The van der Waals surface area contributed by atoms with Crippen molar-refractivity contribution in [2.75, 3.05) is 0 Å². The lowest BCUT2D eigenvalue weighted by molar-refractivity contribution is 0.521. The van der Waals surface area contributed by atoms with Gasteiger partial charge in [0, 0.05) is 6.54 Å². The van der Waals surface area contributed by atoms with Gasteiger partial charge in [0.05, 0.1) is 11.4 Å². The zero-order valence-electron chi connectivity index (χ0n) is 8.88. The molecule has 0 unspecified atom stereocenters. The molecule has 3 heteroatoms. The summed E-state index contributed by atoms with van der Waals surface area (Å²) in [7, 11) is 0. The molecule has 74 valence electrons. The van der Waals surface area contributed by atoms with Crippen molar-refractivity contribution in [2.24, 2.45) is 0 Å². The highest BCUT2D eigenvalue weighted by Crippen LogP contribution is 2.06. The summed E-state index contributed by atoms with van der Waals surface area (Å²) in [6, 6.07) is 0. The molecular formula is C10H19N3. The van der Waals surface area contributed by atoms with Gasteiger partial charge in [-0.1, -0.05) is 31.9 Å². The van der Waals surface area contributed by atoms with Crippen LogP contribution in [0.3, 0.4) is 0 Å². The van der Waals surface area contributed by atoms with Gasteiger partial charge in [0.25, 0.3) is 0 Å². The predicted octanol–water partition coefficient (Wildman–Crippen LogP) is 2.34. The van der Waals surface area contributed by atoms with Crippen molar-refractivity contribution in [1.29, 1.82) is 0 Å². The van der Waals surface area contributed by atoms with E-state index in [9.17, 15) is 0 Å². The van der Waals surface area contributed by atoms with E-state index in [0.717, 1.165) is 18.7 Å². The van der Waals surface area contributed by atoms with Gasteiger partial charge >= 0.3 is 0 Å².